The van der Waals surface area contributed by atoms with Crippen molar-refractivity contribution in [3.8, 4) is 0 Å². The van der Waals surface area contributed by atoms with Gasteiger partial charge in [-0.15, -0.1) is 0 Å². The van der Waals surface area contributed by atoms with Crippen LogP contribution in [0.5, 0.6) is 0 Å². The molecule has 1 aromatic carbocycles. The number of furan rings is 1. The summed E-state index contributed by atoms with van der Waals surface area (Å²) in [7, 11) is 0. The molecule has 0 fully saturated rings. The summed E-state index contributed by atoms with van der Waals surface area (Å²) in [6.07, 6.45) is 5.82. The molecule has 3 aromatic rings. The Morgan fingerprint density at radius 1 is 1.18 bits per heavy atom. The van der Waals surface area contributed by atoms with E-state index in [0.29, 0.717) is 6.42 Å². The molecule has 3 rings (SSSR count). The summed E-state index contributed by atoms with van der Waals surface area (Å²) >= 11 is 0. The van der Waals surface area contributed by atoms with Gasteiger partial charge in [0.2, 0.25) is 5.91 Å². The quantitative estimate of drug-likeness (QED) is 0.773. The van der Waals surface area contributed by atoms with Gasteiger partial charge in [0.15, 0.2) is 0 Å². The molecule has 2 heterocycles. The molecule has 0 aliphatic carbocycles. The lowest BCUT2D eigenvalue weighted by atomic mass is 10.1. The third-order valence-corrected chi connectivity index (χ3v) is 3.54. The number of carbonyl (C=O) groups is 1. The number of nitrogens with one attached hydrogen (secondary N) is 1. The van der Waals surface area contributed by atoms with E-state index >= 15 is 0 Å². The SMILES string of the molecule is Cc1cccc(NC(=O)C[C@@H](c2ccco2)n2cccc2)c1. The molecule has 0 aliphatic heterocycles. The van der Waals surface area contributed by atoms with Crippen LogP contribution in [0.2, 0.25) is 0 Å². The minimum Gasteiger partial charge on any atom is -0.467 e. The highest BCUT2D eigenvalue weighted by Crippen LogP contribution is 2.23. The normalized spacial score (nSPS) is 12.0. The largest absolute Gasteiger partial charge is 0.467 e. The number of anilines is 1. The fraction of sp³-hybridized carbons (Fsp3) is 0.167. The summed E-state index contributed by atoms with van der Waals surface area (Å²) in [4.78, 5) is 12.4. The van der Waals surface area contributed by atoms with Crippen LogP contribution in [0, 0.1) is 6.92 Å². The summed E-state index contributed by atoms with van der Waals surface area (Å²) < 4.78 is 7.47. The van der Waals surface area contributed by atoms with E-state index < -0.39 is 0 Å². The van der Waals surface area contributed by atoms with E-state index in [-0.39, 0.29) is 11.9 Å². The van der Waals surface area contributed by atoms with Gasteiger partial charge < -0.3 is 14.3 Å². The van der Waals surface area contributed by atoms with Crippen molar-refractivity contribution in [1.82, 2.24) is 4.57 Å². The Morgan fingerprint density at radius 2 is 2.00 bits per heavy atom. The third-order valence-electron chi connectivity index (χ3n) is 3.54. The topological polar surface area (TPSA) is 47.2 Å². The summed E-state index contributed by atoms with van der Waals surface area (Å²) in [6, 6.07) is 15.2. The van der Waals surface area contributed by atoms with E-state index in [1.165, 1.54) is 0 Å². The van der Waals surface area contributed by atoms with Gasteiger partial charge in [0.05, 0.1) is 18.7 Å². The van der Waals surface area contributed by atoms with Crippen LogP contribution in [-0.4, -0.2) is 10.5 Å². The highest BCUT2D eigenvalue weighted by atomic mass is 16.3. The molecule has 4 heteroatoms. The van der Waals surface area contributed by atoms with Crippen molar-refractivity contribution < 1.29 is 9.21 Å². The highest BCUT2D eigenvalue weighted by Gasteiger charge is 2.19. The van der Waals surface area contributed by atoms with Gasteiger partial charge in [-0.2, -0.15) is 0 Å². The van der Waals surface area contributed by atoms with Gasteiger partial charge in [0.1, 0.15) is 5.76 Å². The molecule has 0 saturated heterocycles. The summed E-state index contributed by atoms with van der Waals surface area (Å²) in [6.45, 7) is 2.00. The molecule has 4 nitrogen and oxygen atoms in total. The molecule has 1 amide bonds. The Bertz CT molecular complexity index is 696. The summed E-state index contributed by atoms with van der Waals surface area (Å²) in [5, 5.41) is 2.94. The zero-order valence-electron chi connectivity index (χ0n) is 12.4. The van der Waals surface area contributed by atoms with Gasteiger partial charge in [-0.1, -0.05) is 12.1 Å². The molecule has 22 heavy (non-hydrogen) atoms. The Morgan fingerprint density at radius 3 is 2.68 bits per heavy atom. The van der Waals surface area contributed by atoms with Crippen molar-refractivity contribution in [2.45, 2.75) is 19.4 Å². The average molecular weight is 294 g/mol. The molecule has 1 N–H and O–H groups in total. The zero-order chi connectivity index (χ0) is 15.4. The molecule has 0 saturated carbocycles. The van der Waals surface area contributed by atoms with E-state index in [0.717, 1.165) is 17.0 Å². The molecule has 0 aliphatic rings. The van der Waals surface area contributed by atoms with Crippen LogP contribution in [0.25, 0.3) is 0 Å². The second-order valence-corrected chi connectivity index (χ2v) is 5.28. The molecule has 112 valence electrons. The first-order valence-corrected chi connectivity index (χ1v) is 7.25. The van der Waals surface area contributed by atoms with Crippen LogP contribution in [-0.2, 0) is 4.79 Å². The number of carbonyl (C=O) groups excluding carboxylic acids is 1. The van der Waals surface area contributed by atoms with Crippen LogP contribution in [0.1, 0.15) is 23.8 Å². The van der Waals surface area contributed by atoms with E-state index in [4.69, 9.17) is 4.42 Å². The number of aryl methyl sites for hydroxylation is 1. The maximum absolute atomic E-state index is 12.4. The monoisotopic (exact) mass is 294 g/mol. The molecule has 0 radical (unpaired) electrons. The number of benzene rings is 1. The number of rotatable bonds is 5. The van der Waals surface area contributed by atoms with Crippen molar-refractivity contribution in [2.24, 2.45) is 0 Å². The minimum atomic E-state index is -0.144. The molecule has 2 aromatic heterocycles. The Labute approximate surface area is 129 Å². The van der Waals surface area contributed by atoms with Crippen LogP contribution >= 0.6 is 0 Å². The van der Waals surface area contributed by atoms with Gasteiger partial charge in [0.25, 0.3) is 0 Å². The first-order chi connectivity index (χ1) is 10.7. The summed E-state index contributed by atoms with van der Waals surface area (Å²) in [5.74, 6) is 0.733. The van der Waals surface area contributed by atoms with E-state index in [1.807, 2.05) is 72.4 Å². The molecule has 0 bridgehead atoms. The maximum atomic E-state index is 12.4. The van der Waals surface area contributed by atoms with Gasteiger partial charge in [-0.3, -0.25) is 4.79 Å². The highest BCUT2D eigenvalue weighted by molar-refractivity contribution is 5.91. The number of nitrogens with zero attached hydrogens (tertiary/aromatic N) is 1. The lowest BCUT2D eigenvalue weighted by Crippen LogP contribution is -2.19. The maximum Gasteiger partial charge on any atom is 0.226 e. The van der Waals surface area contributed by atoms with Crippen molar-refractivity contribution in [2.75, 3.05) is 5.32 Å². The molecule has 0 spiro atoms. The zero-order valence-corrected chi connectivity index (χ0v) is 12.4. The predicted octanol–water partition coefficient (Wildman–Crippen LogP) is 4.01. The number of aromatic nitrogens is 1. The van der Waals surface area contributed by atoms with Gasteiger partial charge in [-0.05, 0) is 48.9 Å². The first kappa shape index (κ1) is 14.2. The van der Waals surface area contributed by atoms with Crippen molar-refractivity contribution in [3.63, 3.8) is 0 Å². The fourth-order valence-corrected chi connectivity index (χ4v) is 2.50. The van der Waals surface area contributed by atoms with E-state index in [9.17, 15) is 4.79 Å². The molecular weight excluding hydrogens is 276 g/mol. The fourth-order valence-electron chi connectivity index (χ4n) is 2.50. The first-order valence-electron chi connectivity index (χ1n) is 7.25. The standard InChI is InChI=1S/C18H18N2O2/c1-14-6-4-7-15(12-14)19-18(21)13-16(17-8-5-11-22-17)20-9-2-3-10-20/h2-12,16H,13H2,1H3,(H,19,21)/t16-/m0/s1. The van der Waals surface area contributed by atoms with Crippen molar-refractivity contribution in [1.29, 1.82) is 0 Å². The lowest BCUT2D eigenvalue weighted by molar-refractivity contribution is -0.116. The third kappa shape index (κ3) is 3.28. The van der Waals surface area contributed by atoms with Gasteiger partial charge in [0, 0.05) is 18.1 Å². The second-order valence-electron chi connectivity index (χ2n) is 5.28. The van der Waals surface area contributed by atoms with Crippen LogP contribution in [0.3, 0.4) is 0 Å². The number of hydrogen-bond acceptors (Lipinski definition) is 2. The van der Waals surface area contributed by atoms with Gasteiger partial charge >= 0.3 is 0 Å². The van der Waals surface area contributed by atoms with E-state index in [2.05, 4.69) is 5.32 Å². The average Bonchev–Trinajstić information content (AvgIpc) is 3.18. The minimum absolute atomic E-state index is 0.0410. The Hall–Kier alpha value is -2.75. The van der Waals surface area contributed by atoms with Gasteiger partial charge in [-0.25, -0.2) is 0 Å². The molecule has 1 atom stereocenters. The van der Waals surface area contributed by atoms with E-state index in [1.54, 1.807) is 6.26 Å². The number of hydrogen-bond donors (Lipinski definition) is 1. The smallest absolute Gasteiger partial charge is 0.226 e. The van der Waals surface area contributed by atoms with Crippen molar-refractivity contribution >= 4 is 11.6 Å². The molecule has 0 unspecified atom stereocenters. The summed E-state index contributed by atoms with van der Waals surface area (Å²) in [5.41, 5.74) is 1.93. The van der Waals surface area contributed by atoms with Crippen LogP contribution in [0.15, 0.2) is 71.6 Å². The van der Waals surface area contributed by atoms with Crippen LogP contribution in [0.4, 0.5) is 5.69 Å². The number of amides is 1. The predicted molar refractivity (Wildman–Crippen MR) is 85.7 cm³/mol. The Kier molecular flexibility index (Phi) is 4.10. The lowest BCUT2D eigenvalue weighted by Gasteiger charge is -2.16. The Balaban J connectivity index is 1.75. The van der Waals surface area contributed by atoms with Crippen molar-refractivity contribution in [3.05, 3.63) is 78.5 Å². The van der Waals surface area contributed by atoms with Crippen LogP contribution < -0.4 is 5.32 Å². The second kappa shape index (κ2) is 6.35. The molecular formula is C18H18N2O2.